The van der Waals surface area contributed by atoms with Crippen LogP contribution in [0.4, 0.5) is 10.5 Å². The molecule has 2 amide bonds. The van der Waals surface area contributed by atoms with Crippen LogP contribution >= 0.6 is 0 Å². The second kappa shape index (κ2) is 8.74. The highest BCUT2D eigenvalue weighted by Gasteiger charge is 2.26. The van der Waals surface area contributed by atoms with Crippen LogP contribution < -0.4 is 15.4 Å². The number of urea groups is 1. The van der Waals surface area contributed by atoms with Crippen LogP contribution in [-0.2, 0) is 17.9 Å². The molecule has 1 atom stereocenters. The van der Waals surface area contributed by atoms with Gasteiger partial charge in [0.2, 0.25) is 0 Å². The Morgan fingerprint density at radius 1 is 1.17 bits per heavy atom. The van der Waals surface area contributed by atoms with E-state index in [1.807, 2.05) is 53.2 Å². The molecule has 1 unspecified atom stereocenters. The number of hydrogen-bond donors (Lipinski definition) is 2. The maximum atomic E-state index is 12.7. The first-order chi connectivity index (χ1) is 14.2. The Hall–Kier alpha value is -3.39. The lowest BCUT2D eigenvalue weighted by Crippen LogP contribution is -2.36. The number of benzene rings is 2. The number of hydrogen-bond acceptors (Lipinski definition) is 5. The largest absolute Gasteiger partial charge is 0.455 e. The number of methoxy groups -OCH3 is 1. The lowest BCUT2D eigenvalue weighted by molar-refractivity contribution is 0.177. The van der Waals surface area contributed by atoms with Crippen LogP contribution in [0.15, 0.2) is 54.6 Å². The Balaban J connectivity index is 1.45. The Morgan fingerprint density at radius 2 is 1.97 bits per heavy atom. The molecule has 2 N–H and O–H groups in total. The van der Waals surface area contributed by atoms with Gasteiger partial charge < -0.3 is 20.1 Å². The van der Waals surface area contributed by atoms with Crippen LogP contribution in [0, 0.1) is 0 Å². The van der Waals surface area contributed by atoms with Gasteiger partial charge in [-0.1, -0.05) is 30.3 Å². The van der Waals surface area contributed by atoms with Crippen molar-refractivity contribution in [3.63, 3.8) is 0 Å². The quantitative estimate of drug-likeness (QED) is 0.663. The minimum atomic E-state index is -0.316. The standard InChI is InChI=1S/C21H23N5O3/c1-28-14-19-24-20-17(11-7-13-26(20)25-19)23-21(27)22-16-10-5-6-12-18(16)29-15-8-3-2-4-9-15/h2-6,8-10,12,17H,7,11,13-14H2,1H3,(H2,22,23,27). The molecule has 0 saturated carbocycles. The van der Waals surface area contributed by atoms with E-state index in [-0.39, 0.29) is 12.1 Å². The molecular formula is C21H23N5O3. The summed E-state index contributed by atoms with van der Waals surface area (Å²) in [5, 5.41) is 10.3. The summed E-state index contributed by atoms with van der Waals surface area (Å²) in [6, 6.07) is 16.3. The van der Waals surface area contributed by atoms with Crippen LogP contribution in [0.3, 0.4) is 0 Å². The lowest BCUT2D eigenvalue weighted by Gasteiger charge is -2.23. The summed E-state index contributed by atoms with van der Waals surface area (Å²) in [5.41, 5.74) is 0.589. The molecule has 2 aromatic carbocycles. The number of para-hydroxylation sites is 3. The van der Waals surface area contributed by atoms with Crippen molar-refractivity contribution in [2.45, 2.75) is 32.0 Å². The third-order valence-corrected chi connectivity index (χ3v) is 4.60. The number of nitrogens with one attached hydrogen (secondary N) is 2. The van der Waals surface area contributed by atoms with Crippen molar-refractivity contribution in [1.82, 2.24) is 20.1 Å². The van der Waals surface area contributed by atoms with Gasteiger partial charge in [-0.05, 0) is 37.1 Å². The normalized spacial score (nSPS) is 15.4. The molecule has 0 bridgehead atoms. The molecule has 29 heavy (non-hydrogen) atoms. The van der Waals surface area contributed by atoms with Gasteiger partial charge in [0.15, 0.2) is 11.6 Å². The molecule has 4 rings (SSSR count). The second-order valence-electron chi connectivity index (χ2n) is 6.75. The van der Waals surface area contributed by atoms with E-state index in [1.165, 1.54) is 0 Å². The minimum absolute atomic E-state index is 0.205. The molecule has 0 fully saturated rings. The number of amides is 2. The molecule has 0 radical (unpaired) electrons. The van der Waals surface area contributed by atoms with E-state index >= 15 is 0 Å². The molecule has 1 aliphatic heterocycles. The SMILES string of the molecule is COCc1nc2n(n1)CCCC2NC(=O)Nc1ccccc1Oc1ccccc1. The Labute approximate surface area is 168 Å². The van der Waals surface area contributed by atoms with Crippen LogP contribution in [0.1, 0.15) is 30.5 Å². The summed E-state index contributed by atoms with van der Waals surface area (Å²) in [7, 11) is 1.61. The molecule has 1 aliphatic rings. The van der Waals surface area contributed by atoms with Crippen LogP contribution in [0.2, 0.25) is 0 Å². The summed E-state index contributed by atoms with van der Waals surface area (Å²) < 4.78 is 12.9. The summed E-state index contributed by atoms with van der Waals surface area (Å²) in [6.07, 6.45) is 1.72. The first-order valence-corrected chi connectivity index (χ1v) is 9.55. The number of fused-ring (bicyclic) bond motifs is 1. The molecule has 0 saturated heterocycles. The molecule has 8 nitrogen and oxygen atoms in total. The molecule has 0 spiro atoms. The van der Waals surface area contributed by atoms with E-state index in [0.717, 1.165) is 25.2 Å². The lowest BCUT2D eigenvalue weighted by atomic mass is 10.1. The van der Waals surface area contributed by atoms with E-state index in [1.54, 1.807) is 13.2 Å². The fourth-order valence-electron chi connectivity index (χ4n) is 3.32. The van der Waals surface area contributed by atoms with Crippen molar-refractivity contribution in [2.24, 2.45) is 0 Å². The topological polar surface area (TPSA) is 90.3 Å². The van der Waals surface area contributed by atoms with Gasteiger partial charge in [-0.2, -0.15) is 5.10 Å². The summed E-state index contributed by atoms with van der Waals surface area (Å²) in [6.45, 7) is 1.14. The van der Waals surface area contributed by atoms with E-state index < -0.39 is 0 Å². The number of anilines is 1. The molecular weight excluding hydrogens is 370 g/mol. The average Bonchev–Trinajstić information content (AvgIpc) is 3.14. The summed E-state index contributed by atoms with van der Waals surface area (Å²) in [5.74, 6) is 2.65. The summed E-state index contributed by atoms with van der Waals surface area (Å²) in [4.78, 5) is 17.2. The van der Waals surface area contributed by atoms with Crippen molar-refractivity contribution in [2.75, 3.05) is 12.4 Å². The molecule has 1 aromatic heterocycles. The number of nitrogens with zero attached hydrogens (tertiary/aromatic N) is 3. The zero-order valence-electron chi connectivity index (χ0n) is 16.2. The third kappa shape index (κ3) is 4.55. The number of aryl methyl sites for hydroxylation is 1. The van der Waals surface area contributed by atoms with E-state index in [0.29, 0.717) is 29.6 Å². The number of carbonyl (C=O) groups excluding carboxylic acids is 1. The Kier molecular flexibility index (Phi) is 5.71. The fourth-order valence-corrected chi connectivity index (χ4v) is 3.32. The molecule has 2 heterocycles. The van der Waals surface area contributed by atoms with Crippen LogP contribution in [0.25, 0.3) is 0 Å². The molecule has 150 valence electrons. The number of aromatic nitrogens is 3. The van der Waals surface area contributed by atoms with Crippen molar-refractivity contribution < 1.29 is 14.3 Å². The van der Waals surface area contributed by atoms with Gasteiger partial charge in [0.1, 0.15) is 18.2 Å². The van der Waals surface area contributed by atoms with Gasteiger partial charge in [-0.3, -0.25) is 0 Å². The Morgan fingerprint density at radius 3 is 2.79 bits per heavy atom. The van der Waals surface area contributed by atoms with Crippen LogP contribution in [0.5, 0.6) is 11.5 Å². The van der Waals surface area contributed by atoms with Crippen molar-refractivity contribution >= 4 is 11.7 Å². The van der Waals surface area contributed by atoms with E-state index in [4.69, 9.17) is 9.47 Å². The van der Waals surface area contributed by atoms with Crippen molar-refractivity contribution in [3.8, 4) is 11.5 Å². The molecule has 3 aromatic rings. The van der Waals surface area contributed by atoms with Crippen molar-refractivity contribution in [3.05, 3.63) is 66.2 Å². The van der Waals surface area contributed by atoms with Gasteiger partial charge in [0, 0.05) is 13.7 Å². The fraction of sp³-hybridized carbons (Fsp3) is 0.286. The second-order valence-corrected chi connectivity index (χ2v) is 6.75. The van der Waals surface area contributed by atoms with Gasteiger partial charge in [0.25, 0.3) is 0 Å². The average molecular weight is 393 g/mol. The van der Waals surface area contributed by atoms with Crippen molar-refractivity contribution in [1.29, 1.82) is 0 Å². The third-order valence-electron chi connectivity index (χ3n) is 4.60. The first kappa shape index (κ1) is 18.9. The highest BCUT2D eigenvalue weighted by Crippen LogP contribution is 2.29. The monoisotopic (exact) mass is 393 g/mol. The predicted octanol–water partition coefficient (Wildman–Crippen LogP) is 3.87. The van der Waals surface area contributed by atoms with Crippen LogP contribution in [-0.4, -0.2) is 27.9 Å². The maximum absolute atomic E-state index is 12.7. The van der Waals surface area contributed by atoms with Gasteiger partial charge in [0.05, 0.1) is 11.7 Å². The zero-order chi connectivity index (χ0) is 20.1. The predicted molar refractivity (Wildman–Crippen MR) is 108 cm³/mol. The molecule has 0 aliphatic carbocycles. The smallest absolute Gasteiger partial charge is 0.319 e. The number of rotatable bonds is 6. The highest BCUT2D eigenvalue weighted by atomic mass is 16.5. The van der Waals surface area contributed by atoms with E-state index in [9.17, 15) is 4.79 Å². The Bertz CT molecular complexity index is 973. The minimum Gasteiger partial charge on any atom is -0.455 e. The van der Waals surface area contributed by atoms with Gasteiger partial charge in [-0.25, -0.2) is 14.5 Å². The van der Waals surface area contributed by atoms with Gasteiger partial charge in [-0.15, -0.1) is 0 Å². The van der Waals surface area contributed by atoms with E-state index in [2.05, 4.69) is 20.7 Å². The maximum Gasteiger partial charge on any atom is 0.319 e. The summed E-state index contributed by atoms with van der Waals surface area (Å²) >= 11 is 0. The van der Waals surface area contributed by atoms with Gasteiger partial charge >= 0.3 is 6.03 Å². The first-order valence-electron chi connectivity index (χ1n) is 9.55. The number of carbonyl (C=O) groups is 1. The number of ether oxygens (including phenoxy) is 2. The molecule has 8 heteroatoms. The zero-order valence-corrected chi connectivity index (χ0v) is 16.2. The highest BCUT2D eigenvalue weighted by molar-refractivity contribution is 5.91.